The lowest BCUT2D eigenvalue weighted by atomic mass is 10.0. The summed E-state index contributed by atoms with van der Waals surface area (Å²) in [4.78, 5) is 18.8. The molecule has 0 amide bonds. The summed E-state index contributed by atoms with van der Waals surface area (Å²) in [5.41, 5.74) is 7.58. The zero-order chi connectivity index (χ0) is 23.4. The summed E-state index contributed by atoms with van der Waals surface area (Å²) in [5.74, 6) is 0. The van der Waals surface area contributed by atoms with E-state index in [0.29, 0.717) is 27.0 Å². The lowest BCUT2D eigenvalue weighted by Crippen LogP contribution is -1.92. The van der Waals surface area contributed by atoms with Crippen LogP contribution < -0.4 is 0 Å². The molecule has 4 nitrogen and oxygen atoms in total. The fourth-order valence-corrected chi connectivity index (χ4v) is 4.79. The molecule has 0 aliphatic carbocycles. The highest BCUT2D eigenvalue weighted by Crippen LogP contribution is 2.43. The van der Waals surface area contributed by atoms with Crippen LogP contribution in [0.5, 0.6) is 0 Å². The average molecular weight is 522 g/mol. The molecule has 34 heavy (non-hydrogen) atoms. The van der Waals surface area contributed by atoms with E-state index in [-0.39, 0.29) is 10.0 Å². The van der Waals surface area contributed by atoms with Crippen LogP contribution in [0.15, 0.2) is 116 Å². The van der Waals surface area contributed by atoms with E-state index >= 15 is 0 Å². The van der Waals surface area contributed by atoms with Gasteiger partial charge in [0, 0.05) is 11.1 Å². The highest BCUT2D eigenvalue weighted by atomic mass is 35.5. The number of fused-ring (bicyclic) bond motifs is 4. The Balaban J connectivity index is 1.53. The van der Waals surface area contributed by atoms with Gasteiger partial charge in [0.1, 0.15) is 0 Å². The Labute approximate surface area is 215 Å². The van der Waals surface area contributed by atoms with E-state index in [4.69, 9.17) is 56.4 Å². The van der Waals surface area contributed by atoms with Crippen molar-refractivity contribution in [3.8, 4) is 0 Å². The summed E-state index contributed by atoms with van der Waals surface area (Å²) >= 11 is 25.4. The number of allylic oxidation sites excluding steroid dienone is 12. The maximum absolute atomic E-state index is 6.57. The highest BCUT2D eigenvalue weighted by molar-refractivity contribution is 6.52. The zero-order valence-electron chi connectivity index (χ0n) is 17.2. The Hall–Kier alpha value is -3.02. The van der Waals surface area contributed by atoms with Crippen molar-refractivity contribution in [2.75, 3.05) is 0 Å². The topological polar surface area (TPSA) is 49.4 Å². The minimum atomic E-state index is 0.199. The third kappa shape index (κ3) is 3.93. The Morgan fingerprint density at radius 3 is 1.59 bits per heavy atom. The molecule has 8 heteroatoms. The molecule has 0 N–H and O–H groups in total. The lowest BCUT2D eigenvalue weighted by molar-refractivity contribution is 1.41. The fraction of sp³-hybridized carbons (Fsp3) is 0. The molecule has 1 aromatic carbocycles. The van der Waals surface area contributed by atoms with Crippen LogP contribution in [0.4, 0.5) is 0 Å². The molecular formula is C26H12Cl4N4. The van der Waals surface area contributed by atoms with E-state index in [0.717, 1.165) is 39.8 Å². The molecule has 8 bridgehead atoms. The molecule has 0 radical (unpaired) electrons. The molecule has 0 spiro atoms. The Kier molecular flexibility index (Phi) is 5.27. The standard InChI is InChI=1S/C26H12Cl4N4/c27-22-12-21(24(28)26(30)25(22)29)20-10-19-9-17-4-3-15(32-17)7-13-1-2-14(31-13)8-16-5-6-18(33-16)11-23(20)34-19/h1-12H. The molecule has 164 valence electrons. The number of rotatable bonds is 1. The molecule has 0 unspecified atom stereocenters. The second-order valence-corrected chi connectivity index (χ2v) is 9.33. The fourth-order valence-electron chi connectivity index (χ4n) is 3.88. The average Bonchev–Trinajstić information content (AvgIpc) is 3.60. The number of nitrogens with zero attached hydrogens (tertiary/aromatic N) is 4. The predicted molar refractivity (Wildman–Crippen MR) is 144 cm³/mol. The maximum atomic E-state index is 6.57. The van der Waals surface area contributed by atoms with Crippen LogP contribution in [0.1, 0.15) is 5.56 Å². The number of benzene rings is 1. The predicted octanol–water partition coefficient (Wildman–Crippen LogP) is 7.72. The molecule has 0 atom stereocenters. The highest BCUT2D eigenvalue weighted by Gasteiger charge is 2.23. The van der Waals surface area contributed by atoms with Gasteiger partial charge in [0.05, 0.1) is 65.7 Å². The van der Waals surface area contributed by atoms with E-state index in [1.165, 1.54) is 0 Å². The smallest absolute Gasteiger partial charge is 0.0800 e. The first kappa shape index (κ1) is 21.5. The molecule has 0 aromatic heterocycles. The van der Waals surface area contributed by atoms with Crippen molar-refractivity contribution in [2.24, 2.45) is 20.0 Å². The summed E-state index contributed by atoms with van der Waals surface area (Å²) in [7, 11) is 0. The van der Waals surface area contributed by atoms with Crippen molar-refractivity contribution < 1.29 is 0 Å². The van der Waals surface area contributed by atoms with Crippen LogP contribution in [0.2, 0.25) is 20.1 Å². The molecule has 0 fully saturated rings. The van der Waals surface area contributed by atoms with Crippen molar-refractivity contribution in [1.82, 2.24) is 0 Å². The molecule has 1 aromatic rings. The second-order valence-electron chi connectivity index (χ2n) is 7.79. The Morgan fingerprint density at radius 1 is 0.471 bits per heavy atom. The summed E-state index contributed by atoms with van der Waals surface area (Å²) in [6.45, 7) is 0. The minimum absolute atomic E-state index is 0.199. The van der Waals surface area contributed by atoms with E-state index in [2.05, 4.69) is 9.98 Å². The van der Waals surface area contributed by atoms with Gasteiger partial charge in [0.15, 0.2) is 0 Å². The number of halogens is 4. The van der Waals surface area contributed by atoms with Gasteiger partial charge < -0.3 is 0 Å². The first-order valence-electron chi connectivity index (χ1n) is 10.2. The summed E-state index contributed by atoms with van der Waals surface area (Å²) in [5, 5.41) is 1.03. The van der Waals surface area contributed by atoms with Gasteiger partial charge >= 0.3 is 0 Å². The molecule has 5 aliphatic rings. The number of hydrogen-bond donors (Lipinski definition) is 0. The van der Waals surface area contributed by atoms with Gasteiger partial charge in [0.25, 0.3) is 0 Å². The second kappa shape index (κ2) is 8.33. The quantitative estimate of drug-likeness (QED) is 0.268. The third-order valence-corrected chi connectivity index (χ3v) is 7.18. The van der Waals surface area contributed by atoms with Gasteiger partial charge in [-0.3, -0.25) is 0 Å². The minimum Gasteiger partial charge on any atom is -0.249 e. The van der Waals surface area contributed by atoms with Crippen molar-refractivity contribution in [3.63, 3.8) is 0 Å². The largest absolute Gasteiger partial charge is 0.249 e. The molecule has 6 rings (SSSR count). The monoisotopic (exact) mass is 520 g/mol. The Morgan fingerprint density at radius 2 is 1.00 bits per heavy atom. The summed E-state index contributed by atoms with van der Waals surface area (Å²) in [6, 6.07) is 1.70. The van der Waals surface area contributed by atoms with Gasteiger partial charge in [-0.1, -0.05) is 46.4 Å². The normalized spacial score (nSPS) is 19.8. The number of hydrogen-bond acceptors (Lipinski definition) is 4. The van der Waals surface area contributed by atoms with Crippen LogP contribution >= 0.6 is 46.4 Å². The van der Waals surface area contributed by atoms with Gasteiger partial charge in [-0.2, -0.15) is 0 Å². The molecule has 0 saturated carbocycles. The van der Waals surface area contributed by atoms with Crippen LogP contribution in [0.25, 0.3) is 5.57 Å². The molecule has 5 heterocycles. The zero-order valence-corrected chi connectivity index (χ0v) is 20.3. The van der Waals surface area contributed by atoms with Crippen LogP contribution in [0, 0.1) is 0 Å². The van der Waals surface area contributed by atoms with Gasteiger partial charge in [-0.05, 0) is 72.9 Å². The first-order valence-corrected chi connectivity index (χ1v) is 11.8. The summed E-state index contributed by atoms with van der Waals surface area (Å²) in [6.07, 6.45) is 21.2. The first-order chi connectivity index (χ1) is 16.4. The van der Waals surface area contributed by atoms with Gasteiger partial charge in [-0.25, -0.2) is 20.0 Å². The summed E-state index contributed by atoms with van der Waals surface area (Å²) < 4.78 is 0. The van der Waals surface area contributed by atoms with Gasteiger partial charge in [0.2, 0.25) is 0 Å². The maximum Gasteiger partial charge on any atom is 0.0800 e. The third-order valence-electron chi connectivity index (χ3n) is 5.43. The van der Waals surface area contributed by atoms with E-state index < -0.39 is 0 Å². The van der Waals surface area contributed by atoms with Crippen molar-refractivity contribution in [3.05, 3.63) is 121 Å². The van der Waals surface area contributed by atoms with Crippen LogP contribution in [-0.4, -0.2) is 22.8 Å². The SMILES string of the molecule is Clc1cc(C2=CC3=NC2=CC2=NC(=CC4=NC(=CC5=NC(=C3)C=C5)C=C4)C=C2)c(Cl)c(Cl)c1Cl. The molecule has 0 saturated heterocycles. The van der Waals surface area contributed by atoms with E-state index in [1.54, 1.807) is 6.07 Å². The van der Waals surface area contributed by atoms with Crippen LogP contribution in [0.3, 0.4) is 0 Å². The van der Waals surface area contributed by atoms with Gasteiger partial charge in [-0.15, -0.1) is 0 Å². The lowest BCUT2D eigenvalue weighted by Gasteiger charge is -2.11. The molecule has 5 aliphatic heterocycles. The van der Waals surface area contributed by atoms with Crippen molar-refractivity contribution in [1.29, 1.82) is 0 Å². The van der Waals surface area contributed by atoms with E-state index in [9.17, 15) is 0 Å². The Bertz CT molecular complexity index is 1570. The molecular weight excluding hydrogens is 510 g/mol. The number of aliphatic imine (C=N–C) groups is 4. The van der Waals surface area contributed by atoms with Crippen molar-refractivity contribution in [2.45, 2.75) is 0 Å². The van der Waals surface area contributed by atoms with Crippen LogP contribution in [-0.2, 0) is 0 Å². The van der Waals surface area contributed by atoms with Crippen molar-refractivity contribution >= 4 is 74.8 Å². The van der Waals surface area contributed by atoms with E-state index in [1.807, 2.05) is 66.8 Å².